The van der Waals surface area contributed by atoms with Crippen molar-refractivity contribution < 1.29 is 17.6 Å². The number of nitrogens with zero attached hydrogens (tertiary/aromatic N) is 1. The Labute approximate surface area is 103 Å². The highest BCUT2D eigenvalue weighted by atomic mass is 19.4. The van der Waals surface area contributed by atoms with Crippen LogP contribution in [0.25, 0.3) is 0 Å². The zero-order valence-corrected chi connectivity index (χ0v) is 10.3. The first-order chi connectivity index (χ1) is 8.31. The number of hydrogen-bond donors (Lipinski definition) is 1. The summed E-state index contributed by atoms with van der Waals surface area (Å²) in [5.74, 6) is -1.26. The van der Waals surface area contributed by atoms with E-state index in [2.05, 4.69) is 0 Å². The fourth-order valence-corrected chi connectivity index (χ4v) is 1.76. The summed E-state index contributed by atoms with van der Waals surface area (Å²) in [6.07, 6.45) is -4.69. The van der Waals surface area contributed by atoms with Gasteiger partial charge >= 0.3 is 6.18 Å². The van der Waals surface area contributed by atoms with E-state index >= 15 is 0 Å². The summed E-state index contributed by atoms with van der Waals surface area (Å²) < 4.78 is 50.9. The molecule has 0 saturated heterocycles. The Morgan fingerprint density at radius 2 is 1.94 bits per heavy atom. The molecule has 18 heavy (non-hydrogen) atoms. The molecular formula is C12H16F4N2. The van der Waals surface area contributed by atoms with Gasteiger partial charge < -0.3 is 5.73 Å². The van der Waals surface area contributed by atoms with Crippen molar-refractivity contribution in [1.82, 2.24) is 4.90 Å². The van der Waals surface area contributed by atoms with Crippen LogP contribution in [0.5, 0.6) is 0 Å². The normalized spacial score (nSPS) is 14.0. The fourth-order valence-electron chi connectivity index (χ4n) is 1.76. The minimum Gasteiger partial charge on any atom is -0.329 e. The molecule has 102 valence electrons. The van der Waals surface area contributed by atoms with Crippen molar-refractivity contribution in [3.05, 3.63) is 35.1 Å². The first-order valence-electron chi connectivity index (χ1n) is 5.58. The van der Waals surface area contributed by atoms with Crippen LogP contribution in [0.3, 0.4) is 0 Å². The SMILES string of the molecule is CCN(C)C(CN)c1ccc(F)c(C(F)(F)F)c1. The molecule has 0 spiro atoms. The maximum Gasteiger partial charge on any atom is 0.419 e. The summed E-state index contributed by atoms with van der Waals surface area (Å²) >= 11 is 0. The van der Waals surface area contributed by atoms with Crippen molar-refractivity contribution in [2.24, 2.45) is 5.73 Å². The highest BCUT2D eigenvalue weighted by molar-refractivity contribution is 5.29. The molecule has 1 atom stereocenters. The Hall–Kier alpha value is -1.14. The lowest BCUT2D eigenvalue weighted by Gasteiger charge is -2.26. The van der Waals surface area contributed by atoms with Gasteiger partial charge in [0, 0.05) is 12.6 Å². The number of likely N-dealkylation sites (N-methyl/N-ethyl adjacent to an activating group) is 1. The standard InChI is InChI=1S/C12H16F4N2/c1-3-18(2)11(7-17)8-4-5-10(13)9(6-8)12(14,15)16/h4-6,11H,3,7,17H2,1-2H3. The molecule has 1 aromatic rings. The summed E-state index contributed by atoms with van der Waals surface area (Å²) in [6.45, 7) is 2.69. The van der Waals surface area contributed by atoms with Gasteiger partial charge in [0.1, 0.15) is 5.82 Å². The van der Waals surface area contributed by atoms with Crippen LogP contribution < -0.4 is 5.73 Å². The lowest BCUT2D eigenvalue weighted by Crippen LogP contribution is -2.30. The van der Waals surface area contributed by atoms with E-state index in [1.807, 2.05) is 11.8 Å². The Morgan fingerprint density at radius 3 is 2.39 bits per heavy atom. The van der Waals surface area contributed by atoms with Crippen LogP contribution in [-0.4, -0.2) is 25.0 Å². The minimum atomic E-state index is -4.69. The summed E-state index contributed by atoms with van der Waals surface area (Å²) in [5, 5.41) is 0. The lowest BCUT2D eigenvalue weighted by molar-refractivity contribution is -0.140. The first kappa shape index (κ1) is 14.9. The predicted octanol–water partition coefficient (Wildman–Crippen LogP) is 2.80. The van der Waals surface area contributed by atoms with Crippen molar-refractivity contribution in [2.75, 3.05) is 20.1 Å². The second-order valence-corrected chi connectivity index (χ2v) is 4.06. The van der Waals surface area contributed by atoms with Gasteiger partial charge in [-0.25, -0.2) is 4.39 Å². The molecule has 6 heteroatoms. The summed E-state index contributed by atoms with van der Waals surface area (Å²) in [7, 11) is 1.76. The molecule has 2 N–H and O–H groups in total. The zero-order valence-electron chi connectivity index (χ0n) is 10.3. The molecular weight excluding hydrogens is 248 g/mol. The van der Waals surface area contributed by atoms with E-state index < -0.39 is 17.6 Å². The van der Waals surface area contributed by atoms with E-state index in [4.69, 9.17) is 5.73 Å². The molecule has 0 saturated carbocycles. The van der Waals surface area contributed by atoms with E-state index in [0.717, 1.165) is 12.1 Å². The van der Waals surface area contributed by atoms with Crippen LogP contribution in [0.4, 0.5) is 17.6 Å². The van der Waals surface area contributed by atoms with Crippen molar-refractivity contribution in [2.45, 2.75) is 19.1 Å². The maximum atomic E-state index is 13.2. The molecule has 0 aliphatic rings. The smallest absolute Gasteiger partial charge is 0.329 e. The van der Waals surface area contributed by atoms with Gasteiger partial charge in [-0.15, -0.1) is 0 Å². The molecule has 1 unspecified atom stereocenters. The third-order valence-corrected chi connectivity index (χ3v) is 2.93. The van der Waals surface area contributed by atoms with E-state index in [-0.39, 0.29) is 12.6 Å². The second-order valence-electron chi connectivity index (χ2n) is 4.06. The van der Waals surface area contributed by atoms with Gasteiger partial charge in [0.2, 0.25) is 0 Å². The maximum absolute atomic E-state index is 13.2. The molecule has 0 aliphatic heterocycles. The molecule has 2 nitrogen and oxygen atoms in total. The van der Waals surface area contributed by atoms with Crippen molar-refractivity contribution >= 4 is 0 Å². The predicted molar refractivity (Wildman–Crippen MR) is 61.5 cm³/mol. The Bertz CT molecular complexity index is 404. The lowest BCUT2D eigenvalue weighted by atomic mass is 10.0. The molecule has 1 rings (SSSR count). The molecule has 0 aromatic heterocycles. The number of hydrogen-bond acceptors (Lipinski definition) is 2. The monoisotopic (exact) mass is 264 g/mol. The fraction of sp³-hybridized carbons (Fsp3) is 0.500. The summed E-state index contributed by atoms with van der Waals surface area (Å²) in [5.41, 5.74) is 4.69. The molecule has 0 radical (unpaired) electrons. The number of alkyl halides is 3. The van der Waals surface area contributed by atoms with Crippen LogP contribution in [-0.2, 0) is 6.18 Å². The first-order valence-corrected chi connectivity index (χ1v) is 5.58. The third-order valence-electron chi connectivity index (χ3n) is 2.93. The highest BCUT2D eigenvalue weighted by Crippen LogP contribution is 2.33. The Balaban J connectivity index is 3.18. The Morgan fingerprint density at radius 1 is 1.33 bits per heavy atom. The molecule has 0 bridgehead atoms. The highest BCUT2D eigenvalue weighted by Gasteiger charge is 2.34. The largest absolute Gasteiger partial charge is 0.419 e. The van der Waals surface area contributed by atoms with Crippen molar-refractivity contribution in [1.29, 1.82) is 0 Å². The number of nitrogens with two attached hydrogens (primary N) is 1. The number of halogens is 4. The van der Waals surface area contributed by atoms with Crippen molar-refractivity contribution in [3.63, 3.8) is 0 Å². The quantitative estimate of drug-likeness (QED) is 0.847. The molecule has 0 fully saturated rings. The van der Waals surface area contributed by atoms with Gasteiger partial charge in [-0.2, -0.15) is 13.2 Å². The van der Waals surface area contributed by atoms with Crippen LogP contribution in [0.2, 0.25) is 0 Å². The van der Waals surface area contributed by atoms with Crippen LogP contribution in [0.15, 0.2) is 18.2 Å². The molecule has 0 aliphatic carbocycles. The van der Waals surface area contributed by atoms with Gasteiger partial charge in [0.25, 0.3) is 0 Å². The average molecular weight is 264 g/mol. The van der Waals surface area contributed by atoms with E-state index in [9.17, 15) is 17.6 Å². The molecule has 0 heterocycles. The number of benzene rings is 1. The zero-order chi connectivity index (χ0) is 13.9. The van der Waals surface area contributed by atoms with Crippen LogP contribution >= 0.6 is 0 Å². The van der Waals surface area contributed by atoms with E-state index in [0.29, 0.717) is 12.1 Å². The van der Waals surface area contributed by atoms with E-state index in [1.165, 1.54) is 6.07 Å². The summed E-state index contributed by atoms with van der Waals surface area (Å²) in [4.78, 5) is 1.81. The van der Waals surface area contributed by atoms with Crippen molar-refractivity contribution in [3.8, 4) is 0 Å². The van der Waals surface area contributed by atoms with Gasteiger partial charge in [-0.05, 0) is 31.3 Å². The van der Waals surface area contributed by atoms with Gasteiger partial charge in [-0.3, -0.25) is 4.90 Å². The minimum absolute atomic E-state index is 0.174. The van der Waals surface area contributed by atoms with Gasteiger partial charge in [0.15, 0.2) is 0 Å². The molecule has 1 aromatic carbocycles. The Kier molecular flexibility index (Phi) is 4.70. The topological polar surface area (TPSA) is 29.3 Å². The third kappa shape index (κ3) is 3.20. The van der Waals surface area contributed by atoms with Gasteiger partial charge in [0.05, 0.1) is 5.56 Å². The van der Waals surface area contributed by atoms with E-state index in [1.54, 1.807) is 7.05 Å². The second kappa shape index (κ2) is 5.67. The molecule has 0 amide bonds. The van der Waals surface area contributed by atoms with Crippen LogP contribution in [0.1, 0.15) is 24.1 Å². The number of rotatable bonds is 4. The average Bonchev–Trinajstić information content (AvgIpc) is 2.30. The van der Waals surface area contributed by atoms with Gasteiger partial charge in [-0.1, -0.05) is 13.0 Å². The summed E-state index contributed by atoms with van der Waals surface area (Å²) in [6, 6.07) is 2.66. The van der Waals surface area contributed by atoms with Crippen LogP contribution in [0, 0.1) is 5.82 Å².